The van der Waals surface area contributed by atoms with Crippen molar-refractivity contribution in [3.05, 3.63) is 29.8 Å². The number of aliphatic carboxylic acids is 1. The van der Waals surface area contributed by atoms with E-state index in [1.807, 2.05) is 6.07 Å². The second-order valence-electron chi connectivity index (χ2n) is 5.17. The van der Waals surface area contributed by atoms with Crippen LogP contribution in [0.15, 0.2) is 24.3 Å². The minimum Gasteiger partial charge on any atom is -0.481 e. The fourth-order valence-electron chi connectivity index (χ4n) is 2.43. The summed E-state index contributed by atoms with van der Waals surface area (Å²) in [6.45, 7) is 5.89. The lowest BCUT2D eigenvalue weighted by Crippen LogP contribution is -2.28. The molecule has 0 spiro atoms. The monoisotopic (exact) mass is 277 g/mol. The Morgan fingerprint density at radius 1 is 1.10 bits per heavy atom. The van der Waals surface area contributed by atoms with E-state index in [4.69, 9.17) is 5.11 Å². The summed E-state index contributed by atoms with van der Waals surface area (Å²) >= 11 is 0. The lowest BCUT2D eigenvalue weighted by atomic mass is 10.1. The van der Waals surface area contributed by atoms with Gasteiger partial charge in [0.05, 0.1) is 6.42 Å². The first kappa shape index (κ1) is 16.5. The highest BCUT2D eigenvalue weighted by molar-refractivity contribution is 5.68. The first-order valence-electron chi connectivity index (χ1n) is 7.73. The molecule has 0 bridgehead atoms. The van der Waals surface area contributed by atoms with E-state index in [-0.39, 0.29) is 6.42 Å². The maximum Gasteiger partial charge on any atom is 0.305 e. The number of para-hydroxylation sites is 1. The minimum atomic E-state index is -0.725. The Labute approximate surface area is 122 Å². The van der Waals surface area contributed by atoms with Gasteiger partial charge in [-0.1, -0.05) is 51.3 Å². The molecule has 20 heavy (non-hydrogen) atoms. The molecule has 0 unspecified atom stereocenters. The summed E-state index contributed by atoms with van der Waals surface area (Å²) in [5, 5.41) is 8.92. The van der Waals surface area contributed by atoms with E-state index in [1.54, 1.807) is 0 Å². The Bertz CT molecular complexity index is 404. The predicted molar refractivity (Wildman–Crippen MR) is 84.4 cm³/mol. The number of nitrogens with zero attached hydrogens (tertiary/aromatic N) is 1. The Balaban J connectivity index is 2.71. The van der Waals surface area contributed by atoms with Crippen LogP contribution in [0.1, 0.15) is 51.5 Å². The summed E-state index contributed by atoms with van der Waals surface area (Å²) in [4.78, 5) is 13.1. The number of aryl methyl sites for hydroxylation is 1. The molecular weight excluding hydrogens is 250 g/mol. The Kier molecular flexibility index (Phi) is 7.78. The van der Waals surface area contributed by atoms with Gasteiger partial charge in [-0.25, -0.2) is 0 Å². The fourth-order valence-corrected chi connectivity index (χ4v) is 2.43. The minimum absolute atomic E-state index is 0.200. The fraction of sp³-hybridized carbons (Fsp3) is 0.588. The largest absolute Gasteiger partial charge is 0.481 e. The molecule has 3 heteroatoms. The molecule has 0 amide bonds. The van der Waals surface area contributed by atoms with Gasteiger partial charge in [0.1, 0.15) is 0 Å². The van der Waals surface area contributed by atoms with E-state index in [1.165, 1.54) is 30.5 Å². The molecule has 0 heterocycles. The number of carbonyl (C=O) groups is 1. The van der Waals surface area contributed by atoms with Crippen molar-refractivity contribution in [2.45, 2.75) is 52.4 Å². The highest BCUT2D eigenvalue weighted by Crippen LogP contribution is 2.22. The highest BCUT2D eigenvalue weighted by atomic mass is 16.4. The number of anilines is 1. The zero-order valence-corrected chi connectivity index (χ0v) is 12.8. The molecule has 112 valence electrons. The van der Waals surface area contributed by atoms with Crippen molar-refractivity contribution in [3.8, 4) is 0 Å². The second-order valence-corrected chi connectivity index (χ2v) is 5.17. The number of carboxylic acids is 1. The maximum atomic E-state index is 10.8. The zero-order chi connectivity index (χ0) is 14.8. The zero-order valence-electron chi connectivity index (χ0n) is 12.8. The third-order valence-electron chi connectivity index (χ3n) is 3.59. The van der Waals surface area contributed by atoms with Crippen LogP contribution in [-0.2, 0) is 11.2 Å². The van der Waals surface area contributed by atoms with Crippen LogP contribution in [0.5, 0.6) is 0 Å². The van der Waals surface area contributed by atoms with Crippen molar-refractivity contribution in [2.24, 2.45) is 0 Å². The SMILES string of the molecule is CCCCCCN(CCC(=O)O)c1ccccc1CC. The molecule has 1 aromatic carbocycles. The van der Waals surface area contributed by atoms with Crippen LogP contribution >= 0.6 is 0 Å². The Hall–Kier alpha value is -1.51. The van der Waals surface area contributed by atoms with Crippen LogP contribution in [0.3, 0.4) is 0 Å². The molecule has 1 rings (SSSR count). The molecule has 0 radical (unpaired) electrons. The Morgan fingerprint density at radius 3 is 2.50 bits per heavy atom. The van der Waals surface area contributed by atoms with Crippen molar-refractivity contribution in [2.75, 3.05) is 18.0 Å². The number of rotatable bonds is 10. The molecule has 0 atom stereocenters. The van der Waals surface area contributed by atoms with Crippen LogP contribution in [0, 0.1) is 0 Å². The molecular formula is C17H27NO2. The van der Waals surface area contributed by atoms with Crippen LogP contribution in [-0.4, -0.2) is 24.2 Å². The van der Waals surface area contributed by atoms with Gasteiger partial charge in [-0.15, -0.1) is 0 Å². The first-order chi connectivity index (χ1) is 9.69. The Morgan fingerprint density at radius 2 is 1.85 bits per heavy atom. The van der Waals surface area contributed by atoms with Crippen LogP contribution in [0.25, 0.3) is 0 Å². The molecule has 0 saturated carbocycles. The van der Waals surface area contributed by atoms with E-state index in [2.05, 4.69) is 36.9 Å². The van der Waals surface area contributed by atoms with Gasteiger partial charge in [0, 0.05) is 18.8 Å². The standard InChI is InChI=1S/C17H27NO2/c1-3-5-6-9-13-18(14-12-17(19)20)16-11-8-7-10-15(16)4-2/h7-8,10-11H,3-6,9,12-14H2,1-2H3,(H,19,20). The van der Waals surface area contributed by atoms with Gasteiger partial charge < -0.3 is 10.0 Å². The van der Waals surface area contributed by atoms with Crippen LogP contribution < -0.4 is 4.90 Å². The highest BCUT2D eigenvalue weighted by Gasteiger charge is 2.11. The number of carboxylic acid groups (broad SMARTS) is 1. The molecule has 0 fully saturated rings. The van der Waals surface area contributed by atoms with E-state index >= 15 is 0 Å². The predicted octanol–water partition coefficient (Wildman–Crippen LogP) is 4.11. The molecule has 0 aromatic heterocycles. The van der Waals surface area contributed by atoms with Crippen molar-refractivity contribution in [3.63, 3.8) is 0 Å². The summed E-state index contributed by atoms with van der Waals surface area (Å²) in [7, 11) is 0. The summed E-state index contributed by atoms with van der Waals surface area (Å²) in [5.74, 6) is -0.725. The molecule has 1 aromatic rings. The third-order valence-corrected chi connectivity index (χ3v) is 3.59. The van der Waals surface area contributed by atoms with E-state index < -0.39 is 5.97 Å². The number of benzene rings is 1. The normalized spacial score (nSPS) is 10.5. The third kappa shape index (κ3) is 5.64. The van der Waals surface area contributed by atoms with Crippen LogP contribution in [0.2, 0.25) is 0 Å². The van der Waals surface area contributed by atoms with Crippen molar-refractivity contribution in [1.82, 2.24) is 0 Å². The maximum absolute atomic E-state index is 10.8. The van der Waals surface area contributed by atoms with Crippen LogP contribution in [0.4, 0.5) is 5.69 Å². The van der Waals surface area contributed by atoms with Gasteiger partial charge in [-0.2, -0.15) is 0 Å². The van der Waals surface area contributed by atoms with Gasteiger partial charge in [-0.05, 0) is 24.5 Å². The molecule has 1 N–H and O–H groups in total. The number of unbranched alkanes of at least 4 members (excludes halogenated alkanes) is 3. The summed E-state index contributed by atoms with van der Waals surface area (Å²) in [6, 6.07) is 8.33. The lowest BCUT2D eigenvalue weighted by molar-refractivity contribution is -0.136. The number of hydrogen-bond donors (Lipinski definition) is 1. The van der Waals surface area contributed by atoms with Crippen molar-refractivity contribution >= 4 is 11.7 Å². The van der Waals surface area contributed by atoms with Crippen molar-refractivity contribution in [1.29, 1.82) is 0 Å². The van der Waals surface area contributed by atoms with Gasteiger partial charge >= 0.3 is 5.97 Å². The molecule has 0 saturated heterocycles. The van der Waals surface area contributed by atoms with E-state index in [9.17, 15) is 4.79 Å². The molecule has 0 aliphatic carbocycles. The average Bonchev–Trinajstić information content (AvgIpc) is 2.46. The topological polar surface area (TPSA) is 40.5 Å². The van der Waals surface area contributed by atoms with Gasteiger partial charge in [0.2, 0.25) is 0 Å². The van der Waals surface area contributed by atoms with Gasteiger partial charge in [0.25, 0.3) is 0 Å². The van der Waals surface area contributed by atoms with Gasteiger partial charge in [0.15, 0.2) is 0 Å². The summed E-state index contributed by atoms with van der Waals surface area (Å²) < 4.78 is 0. The number of hydrogen-bond acceptors (Lipinski definition) is 2. The molecule has 3 nitrogen and oxygen atoms in total. The summed E-state index contributed by atoms with van der Waals surface area (Å²) in [5.41, 5.74) is 2.50. The quantitative estimate of drug-likeness (QED) is 0.654. The summed E-state index contributed by atoms with van der Waals surface area (Å²) in [6.07, 6.45) is 6.00. The van der Waals surface area contributed by atoms with E-state index in [0.717, 1.165) is 19.4 Å². The first-order valence-corrected chi connectivity index (χ1v) is 7.73. The van der Waals surface area contributed by atoms with E-state index in [0.29, 0.717) is 6.54 Å². The molecule has 0 aliphatic heterocycles. The second kappa shape index (κ2) is 9.40. The van der Waals surface area contributed by atoms with Gasteiger partial charge in [-0.3, -0.25) is 4.79 Å². The smallest absolute Gasteiger partial charge is 0.305 e. The average molecular weight is 277 g/mol. The lowest BCUT2D eigenvalue weighted by Gasteiger charge is -2.26. The molecule has 0 aliphatic rings. The van der Waals surface area contributed by atoms with Crippen molar-refractivity contribution < 1.29 is 9.90 Å².